The van der Waals surface area contributed by atoms with Crippen LogP contribution in [0.3, 0.4) is 0 Å². The van der Waals surface area contributed by atoms with Gasteiger partial charge in [-0.2, -0.15) is 0 Å². The number of aryl methyl sites for hydroxylation is 2. The molecule has 1 aromatic carbocycles. The van der Waals surface area contributed by atoms with Gasteiger partial charge in [-0.15, -0.1) is 0 Å². The van der Waals surface area contributed by atoms with Gasteiger partial charge in [-0.3, -0.25) is 9.52 Å². The van der Waals surface area contributed by atoms with Crippen LogP contribution < -0.4 is 15.0 Å². The molecule has 176 valence electrons. The van der Waals surface area contributed by atoms with Crippen LogP contribution in [-0.2, 0) is 16.6 Å². The fourth-order valence-electron chi connectivity index (χ4n) is 3.00. The smallest absolute Gasteiger partial charge is 0.253 e. The van der Waals surface area contributed by atoms with Crippen LogP contribution in [0.5, 0.6) is 11.5 Å². The first-order valence-corrected chi connectivity index (χ1v) is 12.0. The summed E-state index contributed by atoms with van der Waals surface area (Å²) in [5.41, 5.74) is 0.855. The molecule has 0 radical (unpaired) electrons. The zero-order valence-corrected chi connectivity index (χ0v) is 19.2. The third-order valence-corrected chi connectivity index (χ3v) is 6.04. The summed E-state index contributed by atoms with van der Waals surface area (Å²) in [5, 5.41) is 0. The van der Waals surface area contributed by atoms with E-state index in [2.05, 4.69) is 14.7 Å². The van der Waals surface area contributed by atoms with Crippen molar-refractivity contribution < 1.29 is 21.9 Å². The van der Waals surface area contributed by atoms with E-state index in [1.165, 1.54) is 17.7 Å². The first kappa shape index (κ1) is 24.3. The van der Waals surface area contributed by atoms with Gasteiger partial charge in [0.15, 0.2) is 17.3 Å². The molecule has 1 N–H and O–H groups in total. The van der Waals surface area contributed by atoms with Crippen LogP contribution >= 0.6 is 0 Å². The molecule has 0 aliphatic rings. The van der Waals surface area contributed by atoms with E-state index in [1.54, 1.807) is 19.2 Å². The molecule has 0 saturated heterocycles. The molecular formula is C22H24F2N4O4S. The van der Waals surface area contributed by atoms with Crippen LogP contribution in [-0.4, -0.2) is 28.7 Å². The van der Waals surface area contributed by atoms with Crippen molar-refractivity contribution in [1.29, 1.82) is 0 Å². The second-order valence-electron chi connectivity index (χ2n) is 7.35. The zero-order valence-electron chi connectivity index (χ0n) is 18.4. The number of benzene rings is 1. The predicted octanol–water partition coefficient (Wildman–Crippen LogP) is 4.25. The molecule has 0 atom stereocenters. The maximum atomic E-state index is 14.2. The van der Waals surface area contributed by atoms with Gasteiger partial charge >= 0.3 is 0 Å². The largest absolute Gasteiger partial charge is 0.450 e. The number of aromatic nitrogens is 3. The van der Waals surface area contributed by atoms with Gasteiger partial charge in [-0.25, -0.2) is 27.2 Å². The number of rotatable bonds is 9. The van der Waals surface area contributed by atoms with Crippen molar-refractivity contribution in [1.82, 2.24) is 14.5 Å². The van der Waals surface area contributed by atoms with E-state index < -0.39 is 21.7 Å². The second-order valence-corrected chi connectivity index (χ2v) is 9.36. The lowest BCUT2D eigenvalue weighted by molar-refractivity contribution is 0.436. The Morgan fingerprint density at radius 3 is 2.58 bits per heavy atom. The molecule has 2 aromatic heterocycles. The summed E-state index contributed by atoms with van der Waals surface area (Å²) < 4.78 is 60.9. The normalized spacial score (nSPS) is 11.4. The number of unbranched alkanes of at least 4 members (excludes halogenated alkanes) is 1. The van der Waals surface area contributed by atoms with Gasteiger partial charge in [0, 0.05) is 29.9 Å². The van der Waals surface area contributed by atoms with Crippen molar-refractivity contribution in [3.63, 3.8) is 0 Å². The Morgan fingerprint density at radius 2 is 1.91 bits per heavy atom. The lowest BCUT2D eigenvalue weighted by Crippen LogP contribution is -2.22. The number of nitrogens with zero attached hydrogens (tertiary/aromatic N) is 3. The molecule has 11 heteroatoms. The summed E-state index contributed by atoms with van der Waals surface area (Å²) in [4.78, 5) is 20.8. The van der Waals surface area contributed by atoms with E-state index in [-0.39, 0.29) is 34.5 Å². The molecule has 0 aliphatic heterocycles. The van der Waals surface area contributed by atoms with Crippen molar-refractivity contribution in [3.8, 4) is 22.8 Å². The minimum atomic E-state index is -3.66. The summed E-state index contributed by atoms with van der Waals surface area (Å²) >= 11 is 0. The van der Waals surface area contributed by atoms with Crippen molar-refractivity contribution in [2.75, 3.05) is 10.5 Å². The van der Waals surface area contributed by atoms with E-state index >= 15 is 0 Å². The standard InChI is InChI=1S/C22H24F2N4O4S/c1-4-6-9-28-13-15(10-14(3)21(28)29)20-19(32-18-8-7-16(23)11-17(18)24)12-25-22(26-20)27-33(30,31)5-2/h7-8,10-13H,4-6,9H2,1-3H3,(H,25,26,27). The molecule has 33 heavy (non-hydrogen) atoms. The highest BCUT2D eigenvalue weighted by molar-refractivity contribution is 7.92. The van der Waals surface area contributed by atoms with Gasteiger partial charge in [0.05, 0.1) is 11.9 Å². The van der Waals surface area contributed by atoms with Crippen molar-refractivity contribution >= 4 is 16.0 Å². The fraction of sp³-hybridized carbons (Fsp3) is 0.318. The monoisotopic (exact) mass is 478 g/mol. The molecule has 8 nitrogen and oxygen atoms in total. The maximum Gasteiger partial charge on any atom is 0.253 e. The Morgan fingerprint density at radius 1 is 1.15 bits per heavy atom. The Bertz CT molecular complexity index is 1330. The molecule has 0 fully saturated rings. The quantitative estimate of drug-likeness (QED) is 0.493. The highest BCUT2D eigenvalue weighted by Gasteiger charge is 2.18. The zero-order chi connectivity index (χ0) is 24.2. The number of sulfonamides is 1. The first-order valence-electron chi connectivity index (χ1n) is 10.4. The summed E-state index contributed by atoms with van der Waals surface area (Å²) in [5.74, 6) is -2.35. The summed E-state index contributed by atoms with van der Waals surface area (Å²) in [7, 11) is -3.66. The van der Waals surface area contributed by atoms with Crippen LogP contribution in [0.2, 0.25) is 0 Å². The molecule has 0 saturated carbocycles. The average Bonchev–Trinajstić information content (AvgIpc) is 2.77. The Hall–Kier alpha value is -3.34. The van der Waals surface area contributed by atoms with Crippen molar-refractivity contribution in [2.45, 2.75) is 40.2 Å². The number of pyridine rings is 1. The number of anilines is 1. The van der Waals surface area contributed by atoms with Gasteiger partial charge < -0.3 is 9.30 Å². The topological polar surface area (TPSA) is 103 Å². The lowest BCUT2D eigenvalue weighted by atomic mass is 10.1. The Balaban J connectivity index is 2.15. The maximum absolute atomic E-state index is 14.2. The van der Waals surface area contributed by atoms with Gasteiger partial charge in [-0.05, 0) is 38.5 Å². The van der Waals surface area contributed by atoms with Gasteiger partial charge in [0.1, 0.15) is 11.5 Å². The molecule has 0 unspecified atom stereocenters. The van der Waals surface area contributed by atoms with Crippen molar-refractivity contribution in [2.24, 2.45) is 0 Å². The van der Waals surface area contributed by atoms with Crippen LogP contribution in [0.4, 0.5) is 14.7 Å². The Kier molecular flexibility index (Phi) is 7.42. The van der Waals surface area contributed by atoms with Crippen LogP contribution in [0.1, 0.15) is 32.3 Å². The number of nitrogens with one attached hydrogen (secondary N) is 1. The molecule has 3 rings (SSSR count). The number of halogens is 2. The summed E-state index contributed by atoms with van der Waals surface area (Å²) in [6.45, 7) is 5.59. The summed E-state index contributed by atoms with van der Waals surface area (Å²) in [6.07, 6.45) is 4.43. The molecule has 0 amide bonds. The third-order valence-electron chi connectivity index (χ3n) is 4.79. The number of hydrogen-bond donors (Lipinski definition) is 1. The molecular weight excluding hydrogens is 454 g/mol. The SMILES string of the molecule is CCCCn1cc(-c2nc(NS(=O)(=O)CC)ncc2Oc2ccc(F)cc2F)cc(C)c1=O. The number of ether oxygens (including phenoxy) is 1. The Labute approximate surface area is 190 Å². The lowest BCUT2D eigenvalue weighted by Gasteiger charge is -2.15. The van der Waals surface area contributed by atoms with Gasteiger partial charge in [-0.1, -0.05) is 13.3 Å². The van der Waals surface area contributed by atoms with E-state index in [9.17, 15) is 22.0 Å². The van der Waals surface area contributed by atoms with Gasteiger partial charge in [0.25, 0.3) is 5.56 Å². The average molecular weight is 479 g/mol. The summed E-state index contributed by atoms with van der Waals surface area (Å²) in [6, 6.07) is 4.42. The van der Waals surface area contributed by atoms with Crippen LogP contribution in [0.25, 0.3) is 11.3 Å². The van der Waals surface area contributed by atoms with Gasteiger partial charge in [0.2, 0.25) is 16.0 Å². The second kappa shape index (κ2) is 10.1. The van der Waals surface area contributed by atoms with E-state index in [4.69, 9.17) is 4.74 Å². The molecule has 0 bridgehead atoms. The minimum absolute atomic E-state index is 0.0000418. The van der Waals surface area contributed by atoms with E-state index in [0.717, 1.165) is 25.0 Å². The third kappa shape index (κ3) is 5.92. The van der Waals surface area contributed by atoms with E-state index in [0.29, 0.717) is 23.7 Å². The minimum Gasteiger partial charge on any atom is -0.450 e. The fourth-order valence-corrected chi connectivity index (χ4v) is 3.52. The first-order chi connectivity index (χ1) is 15.6. The highest BCUT2D eigenvalue weighted by atomic mass is 32.2. The molecule has 0 aliphatic carbocycles. The molecule has 3 aromatic rings. The predicted molar refractivity (Wildman–Crippen MR) is 121 cm³/mol. The molecule has 0 spiro atoms. The van der Waals surface area contributed by atoms with E-state index in [1.807, 2.05) is 6.92 Å². The highest BCUT2D eigenvalue weighted by Crippen LogP contribution is 2.33. The number of hydrogen-bond acceptors (Lipinski definition) is 6. The molecule has 2 heterocycles. The van der Waals surface area contributed by atoms with Crippen LogP contribution in [0.15, 0.2) is 41.5 Å². The van der Waals surface area contributed by atoms with Crippen molar-refractivity contribution in [3.05, 3.63) is 64.2 Å². The van der Waals surface area contributed by atoms with Crippen LogP contribution in [0, 0.1) is 18.6 Å².